The van der Waals surface area contributed by atoms with E-state index in [0.29, 0.717) is 13.1 Å². The number of likely N-dealkylation sites (tertiary alicyclic amines) is 1. The first-order chi connectivity index (χ1) is 11.1. The van der Waals surface area contributed by atoms with Crippen LogP contribution in [0.3, 0.4) is 0 Å². The number of amides is 1. The molecule has 6 nitrogen and oxygen atoms in total. The normalized spacial score (nSPS) is 21.0. The average molecular weight is 332 g/mol. The largest absolute Gasteiger partial charge is 0.341 e. The Morgan fingerprint density at radius 1 is 1.29 bits per heavy atom. The van der Waals surface area contributed by atoms with Crippen molar-refractivity contribution in [2.24, 2.45) is 5.73 Å². The van der Waals surface area contributed by atoms with Crippen molar-refractivity contribution in [1.29, 1.82) is 0 Å². The van der Waals surface area contributed by atoms with E-state index in [0.717, 1.165) is 42.8 Å². The van der Waals surface area contributed by atoms with Gasteiger partial charge in [0, 0.05) is 29.5 Å². The number of hydrogen-bond acceptors (Lipinski definition) is 4. The minimum atomic E-state index is -0.455. The maximum atomic E-state index is 12.5. The molecular formula is C18H28N4O2. The number of nitrogens with one attached hydrogen (secondary N) is 1. The van der Waals surface area contributed by atoms with Crippen LogP contribution in [-0.2, 0) is 22.0 Å². The fraction of sp³-hybridized carbons (Fsp3) is 0.722. The first kappa shape index (κ1) is 17.1. The Kier molecular flexibility index (Phi) is 4.06. The molecule has 1 aliphatic heterocycles. The lowest BCUT2D eigenvalue weighted by atomic mass is 9.76. The molecule has 2 aliphatic rings. The van der Waals surface area contributed by atoms with Gasteiger partial charge in [-0.2, -0.15) is 0 Å². The number of nitrogens with two attached hydrogens (primary N) is 1. The minimum Gasteiger partial charge on any atom is -0.341 e. The van der Waals surface area contributed by atoms with Crippen LogP contribution in [0.2, 0.25) is 0 Å². The minimum absolute atomic E-state index is 0.0101. The molecule has 0 radical (unpaired) electrons. The highest BCUT2D eigenvalue weighted by molar-refractivity contribution is 5.81. The van der Waals surface area contributed by atoms with Gasteiger partial charge in [-0.3, -0.25) is 9.59 Å². The van der Waals surface area contributed by atoms with Crippen molar-refractivity contribution in [2.75, 3.05) is 13.1 Å². The van der Waals surface area contributed by atoms with Gasteiger partial charge in [0.1, 0.15) is 5.82 Å². The van der Waals surface area contributed by atoms with Crippen molar-refractivity contribution >= 4 is 5.91 Å². The van der Waals surface area contributed by atoms with Crippen molar-refractivity contribution in [1.82, 2.24) is 14.9 Å². The van der Waals surface area contributed by atoms with Crippen LogP contribution in [0.25, 0.3) is 0 Å². The van der Waals surface area contributed by atoms with Crippen molar-refractivity contribution < 1.29 is 4.79 Å². The summed E-state index contributed by atoms with van der Waals surface area (Å²) in [6.07, 6.45) is 3.45. The van der Waals surface area contributed by atoms with E-state index in [9.17, 15) is 9.59 Å². The Bertz CT molecular complexity index is 707. The molecule has 1 aromatic rings. The molecule has 1 spiro atoms. The van der Waals surface area contributed by atoms with Crippen molar-refractivity contribution in [3.05, 3.63) is 27.4 Å². The van der Waals surface area contributed by atoms with Gasteiger partial charge in [-0.05, 0) is 32.6 Å². The Hall–Kier alpha value is -1.69. The van der Waals surface area contributed by atoms with Gasteiger partial charge in [-0.25, -0.2) is 4.98 Å². The van der Waals surface area contributed by atoms with Crippen LogP contribution in [0.1, 0.15) is 64.0 Å². The Morgan fingerprint density at radius 2 is 1.92 bits per heavy atom. The van der Waals surface area contributed by atoms with Crippen LogP contribution in [0.5, 0.6) is 0 Å². The smallest absolute Gasteiger partial charge is 0.254 e. The van der Waals surface area contributed by atoms with Gasteiger partial charge in [-0.15, -0.1) is 0 Å². The number of carbonyl (C=O) groups excluding carboxylic acids is 1. The first-order valence-electron chi connectivity index (χ1n) is 8.83. The number of nitrogens with zero attached hydrogens (tertiary/aromatic N) is 2. The van der Waals surface area contributed by atoms with E-state index in [1.807, 2.05) is 4.90 Å². The molecule has 1 fully saturated rings. The molecule has 1 amide bonds. The number of piperidine rings is 1. The SMILES string of the molecule is CC(N)C(=O)N1CCC2(CCc3c2nc(C(C)(C)C)[nH]c3=O)CC1. The monoisotopic (exact) mass is 332 g/mol. The second kappa shape index (κ2) is 5.69. The molecule has 0 bridgehead atoms. The maximum absolute atomic E-state index is 12.5. The zero-order valence-electron chi connectivity index (χ0n) is 15.1. The van der Waals surface area contributed by atoms with Gasteiger partial charge in [0.05, 0.1) is 11.7 Å². The number of aromatic amines is 1. The molecule has 1 saturated heterocycles. The van der Waals surface area contributed by atoms with Crippen LogP contribution in [0.4, 0.5) is 0 Å². The molecule has 3 N–H and O–H groups in total. The zero-order valence-corrected chi connectivity index (χ0v) is 15.1. The van der Waals surface area contributed by atoms with Gasteiger partial charge in [0.25, 0.3) is 5.56 Å². The molecule has 132 valence electrons. The summed E-state index contributed by atoms with van der Waals surface area (Å²) in [6, 6.07) is -0.455. The highest BCUT2D eigenvalue weighted by atomic mass is 16.2. The lowest BCUT2D eigenvalue weighted by Gasteiger charge is -2.40. The predicted molar refractivity (Wildman–Crippen MR) is 93.0 cm³/mol. The second-order valence-electron chi connectivity index (χ2n) is 8.39. The van der Waals surface area contributed by atoms with Crippen LogP contribution in [0.15, 0.2) is 4.79 Å². The summed E-state index contributed by atoms with van der Waals surface area (Å²) in [7, 11) is 0. The Balaban J connectivity index is 1.91. The summed E-state index contributed by atoms with van der Waals surface area (Å²) in [5.74, 6) is 0.763. The van der Waals surface area contributed by atoms with Crippen molar-refractivity contribution in [3.63, 3.8) is 0 Å². The van der Waals surface area contributed by atoms with E-state index in [-0.39, 0.29) is 22.3 Å². The maximum Gasteiger partial charge on any atom is 0.254 e. The average Bonchev–Trinajstić information content (AvgIpc) is 2.86. The summed E-state index contributed by atoms with van der Waals surface area (Å²) in [4.78, 5) is 34.3. The Labute approximate surface area is 142 Å². The van der Waals surface area contributed by atoms with Crippen LogP contribution >= 0.6 is 0 Å². The molecular weight excluding hydrogens is 304 g/mol. The summed E-state index contributed by atoms with van der Waals surface area (Å²) >= 11 is 0. The molecule has 1 aliphatic carbocycles. The van der Waals surface area contributed by atoms with E-state index in [4.69, 9.17) is 10.7 Å². The molecule has 1 atom stereocenters. The van der Waals surface area contributed by atoms with Crippen LogP contribution < -0.4 is 11.3 Å². The van der Waals surface area contributed by atoms with Gasteiger partial charge >= 0.3 is 0 Å². The third kappa shape index (κ3) is 2.77. The van der Waals surface area contributed by atoms with Gasteiger partial charge < -0.3 is 15.6 Å². The highest BCUT2D eigenvalue weighted by Crippen LogP contribution is 2.44. The molecule has 2 heterocycles. The molecule has 6 heteroatoms. The van der Waals surface area contributed by atoms with E-state index < -0.39 is 6.04 Å². The number of H-pyrrole nitrogens is 1. The van der Waals surface area contributed by atoms with Crippen molar-refractivity contribution in [2.45, 2.75) is 70.3 Å². The van der Waals surface area contributed by atoms with Gasteiger partial charge in [0.15, 0.2) is 0 Å². The number of aromatic nitrogens is 2. The summed E-state index contributed by atoms with van der Waals surface area (Å²) in [6.45, 7) is 9.29. The van der Waals surface area contributed by atoms with Crippen LogP contribution in [0, 0.1) is 0 Å². The number of hydrogen-bond donors (Lipinski definition) is 2. The zero-order chi connectivity index (χ0) is 17.7. The highest BCUT2D eigenvalue weighted by Gasteiger charge is 2.45. The number of fused-ring (bicyclic) bond motifs is 2. The molecule has 0 aromatic carbocycles. The van der Waals surface area contributed by atoms with E-state index in [1.54, 1.807) is 6.92 Å². The predicted octanol–water partition coefficient (Wildman–Crippen LogP) is 1.22. The topological polar surface area (TPSA) is 92.1 Å². The molecule has 1 aromatic heterocycles. The van der Waals surface area contributed by atoms with Crippen molar-refractivity contribution in [3.8, 4) is 0 Å². The lowest BCUT2D eigenvalue weighted by Crippen LogP contribution is -2.49. The third-order valence-electron chi connectivity index (χ3n) is 5.50. The van der Waals surface area contributed by atoms with E-state index in [1.165, 1.54) is 0 Å². The molecule has 0 saturated carbocycles. The summed E-state index contributed by atoms with van der Waals surface area (Å²) in [5, 5.41) is 0. The van der Waals surface area contributed by atoms with Gasteiger partial charge in [-0.1, -0.05) is 20.8 Å². The summed E-state index contributed by atoms with van der Waals surface area (Å²) in [5.41, 5.74) is 7.31. The quantitative estimate of drug-likeness (QED) is 0.809. The lowest BCUT2D eigenvalue weighted by molar-refractivity contribution is -0.133. The molecule has 1 unspecified atom stereocenters. The molecule has 3 rings (SSSR count). The van der Waals surface area contributed by atoms with Crippen LogP contribution in [-0.4, -0.2) is 39.9 Å². The second-order valence-corrected chi connectivity index (χ2v) is 8.39. The number of carbonyl (C=O) groups is 1. The summed E-state index contributed by atoms with van der Waals surface area (Å²) < 4.78 is 0. The Morgan fingerprint density at radius 3 is 2.46 bits per heavy atom. The fourth-order valence-electron chi connectivity index (χ4n) is 3.94. The standard InChI is InChI=1S/C18H28N4O2/c1-11(19)15(24)22-9-7-18(8-10-22)6-5-12-13(18)20-16(17(2,3)4)21-14(12)23/h11H,5-10,19H2,1-4H3,(H,20,21,23). The number of rotatable bonds is 1. The molecule has 24 heavy (non-hydrogen) atoms. The van der Waals surface area contributed by atoms with Gasteiger partial charge in [0.2, 0.25) is 5.91 Å². The van der Waals surface area contributed by atoms with E-state index in [2.05, 4.69) is 25.8 Å². The fourth-order valence-corrected chi connectivity index (χ4v) is 3.94. The first-order valence-corrected chi connectivity index (χ1v) is 8.83. The van der Waals surface area contributed by atoms with E-state index >= 15 is 0 Å². The third-order valence-corrected chi connectivity index (χ3v) is 5.50.